The zero-order valence-corrected chi connectivity index (χ0v) is 10.0. The molecule has 0 unspecified atom stereocenters. The van der Waals surface area contributed by atoms with Crippen LogP contribution in [0.5, 0.6) is 0 Å². The molecule has 0 aromatic carbocycles. The van der Waals surface area contributed by atoms with Crippen LogP contribution in [0.15, 0.2) is 12.3 Å². The average Bonchev–Trinajstić information content (AvgIpc) is 2.66. The molecule has 0 aliphatic carbocycles. The molecule has 96 valence electrons. The number of nitrogens with zero attached hydrogens (tertiary/aromatic N) is 3. The smallest absolute Gasteiger partial charge is 0.169 e. The molecule has 2 rings (SSSR count). The van der Waals surface area contributed by atoms with Gasteiger partial charge in [-0.05, 0) is 6.42 Å². The lowest BCUT2D eigenvalue weighted by Crippen LogP contribution is -2.03. The quantitative estimate of drug-likeness (QED) is 0.877. The Kier molecular flexibility index (Phi) is 3.14. The second-order valence-electron chi connectivity index (χ2n) is 3.83. The summed E-state index contributed by atoms with van der Waals surface area (Å²) < 4.78 is 28.1. The minimum absolute atomic E-state index is 0.114. The van der Waals surface area contributed by atoms with Crippen molar-refractivity contribution in [2.24, 2.45) is 7.05 Å². The summed E-state index contributed by atoms with van der Waals surface area (Å²) >= 11 is 0. The predicted octanol–water partition coefficient (Wildman–Crippen LogP) is 1.98. The van der Waals surface area contributed by atoms with Crippen LogP contribution in [0.25, 0.3) is 0 Å². The van der Waals surface area contributed by atoms with E-state index in [0.29, 0.717) is 18.2 Å². The normalized spacial score (nSPS) is 10.7. The van der Waals surface area contributed by atoms with Crippen molar-refractivity contribution in [1.82, 2.24) is 14.8 Å². The Balaban J connectivity index is 2.36. The first-order valence-electron chi connectivity index (χ1n) is 5.42. The highest BCUT2D eigenvalue weighted by molar-refractivity contribution is 5.60. The van der Waals surface area contributed by atoms with Crippen molar-refractivity contribution in [2.75, 3.05) is 11.1 Å². The SMILES string of the molecule is CCc1nn(C)cc1Nc1nc(N)c(F)cc1F. The van der Waals surface area contributed by atoms with Crippen molar-refractivity contribution in [3.8, 4) is 0 Å². The molecule has 2 aromatic heterocycles. The van der Waals surface area contributed by atoms with Crippen molar-refractivity contribution in [1.29, 1.82) is 0 Å². The fourth-order valence-electron chi connectivity index (χ4n) is 1.60. The lowest BCUT2D eigenvalue weighted by atomic mass is 10.3. The maximum atomic E-state index is 13.5. The van der Waals surface area contributed by atoms with Crippen LogP contribution in [0.4, 0.5) is 26.1 Å². The second-order valence-corrected chi connectivity index (χ2v) is 3.83. The van der Waals surface area contributed by atoms with E-state index < -0.39 is 11.6 Å². The van der Waals surface area contributed by atoms with Crippen LogP contribution in [0.2, 0.25) is 0 Å². The molecule has 7 heteroatoms. The Morgan fingerprint density at radius 1 is 1.39 bits per heavy atom. The Bertz CT molecular complexity index is 579. The van der Waals surface area contributed by atoms with Crippen molar-refractivity contribution in [3.05, 3.63) is 29.6 Å². The van der Waals surface area contributed by atoms with Crippen LogP contribution >= 0.6 is 0 Å². The van der Waals surface area contributed by atoms with E-state index in [4.69, 9.17) is 5.73 Å². The molecule has 0 aliphatic rings. The van der Waals surface area contributed by atoms with Crippen molar-refractivity contribution < 1.29 is 8.78 Å². The van der Waals surface area contributed by atoms with Crippen LogP contribution in [-0.2, 0) is 13.5 Å². The van der Waals surface area contributed by atoms with Crippen molar-refractivity contribution >= 4 is 17.3 Å². The van der Waals surface area contributed by atoms with E-state index in [1.807, 2.05) is 6.92 Å². The summed E-state index contributed by atoms with van der Waals surface area (Å²) in [5.41, 5.74) is 6.69. The molecule has 18 heavy (non-hydrogen) atoms. The van der Waals surface area contributed by atoms with Gasteiger partial charge in [0.15, 0.2) is 23.3 Å². The first-order chi connectivity index (χ1) is 8.51. The second kappa shape index (κ2) is 4.59. The number of pyridine rings is 1. The monoisotopic (exact) mass is 253 g/mol. The molecule has 2 heterocycles. The Morgan fingerprint density at radius 2 is 2.11 bits per heavy atom. The first-order valence-corrected chi connectivity index (χ1v) is 5.42. The van der Waals surface area contributed by atoms with Gasteiger partial charge in [-0.15, -0.1) is 0 Å². The summed E-state index contributed by atoms with van der Waals surface area (Å²) in [4.78, 5) is 3.63. The minimum Gasteiger partial charge on any atom is -0.381 e. The number of hydrogen-bond acceptors (Lipinski definition) is 4. The number of nitrogens with two attached hydrogens (primary N) is 1. The lowest BCUT2D eigenvalue weighted by Gasteiger charge is -2.07. The van der Waals surface area contributed by atoms with Gasteiger partial charge in [0.05, 0.1) is 11.4 Å². The topological polar surface area (TPSA) is 68.8 Å². The molecular formula is C11H13F2N5. The number of nitrogen functional groups attached to an aromatic ring is 1. The highest BCUT2D eigenvalue weighted by Crippen LogP contribution is 2.23. The first kappa shape index (κ1) is 12.3. The van der Waals surface area contributed by atoms with Crippen LogP contribution in [0, 0.1) is 11.6 Å². The summed E-state index contributed by atoms with van der Waals surface area (Å²) in [5, 5.41) is 6.96. The Labute approximate surface area is 103 Å². The lowest BCUT2D eigenvalue weighted by molar-refractivity contribution is 0.581. The van der Waals surface area contributed by atoms with E-state index in [0.717, 1.165) is 5.69 Å². The molecule has 0 saturated heterocycles. The van der Waals surface area contributed by atoms with Gasteiger partial charge in [0.1, 0.15) is 0 Å². The molecule has 0 aliphatic heterocycles. The summed E-state index contributed by atoms with van der Waals surface area (Å²) in [5.74, 6) is -2.13. The van der Waals surface area contributed by atoms with Gasteiger partial charge in [0.2, 0.25) is 0 Å². The highest BCUT2D eigenvalue weighted by Gasteiger charge is 2.13. The van der Waals surface area contributed by atoms with Gasteiger partial charge in [0, 0.05) is 19.3 Å². The standard InChI is InChI=1S/C11H13F2N5/c1-3-8-9(5-18(2)17-8)15-11-7(13)4-6(12)10(14)16-11/h4-5H,3H2,1-2H3,(H3,14,15,16). The van der Waals surface area contributed by atoms with Crippen molar-refractivity contribution in [3.63, 3.8) is 0 Å². The average molecular weight is 253 g/mol. The number of hydrogen-bond donors (Lipinski definition) is 2. The summed E-state index contributed by atoms with van der Waals surface area (Å²) in [6, 6.07) is 0.701. The maximum Gasteiger partial charge on any atom is 0.169 e. The minimum atomic E-state index is -0.875. The van der Waals surface area contributed by atoms with E-state index in [2.05, 4.69) is 15.4 Å². The number of rotatable bonds is 3. The zero-order valence-electron chi connectivity index (χ0n) is 10.0. The van der Waals surface area contributed by atoms with Crippen LogP contribution in [0.3, 0.4) is 0 Å². The van der Waals surface area contributed by atoms with Gasteiger partial charge < -0.3 is 11.1 Å². The third-order valence-corrected chi connectivity index (χ3v) is 2.45. The molecule has 5 nitrogen and oxygen atoms in total. The molecular weight excluding hydrogens is 240 g/mol. The number of aromatic nitrogens is 3. The predicted molar refractivity (Wildman–Crippen MR) is 64.4 cm³/mol. The fourth-order valence-corrected chi connectivity index (χ4v) is 1.60. The van der Waals surface area contributed by atoms with Crippen LogP contribution in [-0.4, -0.2) is 14.8 Å². The van der Waals surface area contributed by atoms with Gasteiger partial charge in [-0.2, -0.15) is 5.10 Å². The van der Waals surface area contributed by atoms with Gasteiger partial charge >= 0.3 is 0 Å². The highest BCUT2D eigenvalue weighted by atomic mass is 19.1. The van der Waals surface area contributed by atoms with Gasteiger partial charge in [-0.25, -0.2) is 13.8 Å². The molecule has 0 radical (unpaired) electrons. The largest absolute Gasteiger partial charge is 0.381 e. The third kappa shape index (κ3) is 2.24. The fraction of sp³-hybridized carbons (Fsp3) is 0.273. The zero-order chi connectivity index (χ0) is 13.3. The van der Waals surface area contributed by atoms with Gasteiger partial charge in [-0.3, -0.25) is 4.68 Å². The number of aryl methyl sites for hydroxylation is 2. The van der Waals surface area contributed by atoms with E-state index in [-0.39, 0.29) is 11.6 Å². The van der Waals surface area contributed by atoms with Crippen molar-refractivity contribution in [2.45, 2.75) is 13.3 Å². The van der Waals surface area contributed by atoms with E-state index in [9.17, 15) is 8.78 Å². The number of anilines is 3. The number of nitrogens with one attached hydrogen (secondary N) is 1. The maximum absolute atomic E-state index is 13.5. The molecule has 0 saturated carbocycles. The molecule has 2 aromatic rings. The molecule has 0 bridgehead atoms. The summed E-state index contributed by atoms with van der Waals surface area (Å²) in [6.07, 6.45) is 2.38. The van der Waals surface area contributed by atoms with Gasteiger partial charge in [0.25, 0.3) is 0 Å². The number of halogens is 2. The third-order valence-electron chi connectivity index (χ3n) is 2.45. The van der Waals surface area contributed by atoms with E-state index in [1.54, 1.807) is 17.9 Å². The van der Waals surface area contributed by atoms with E-state index >= 15 is 0 Å². The summed E-state index contributed by atoms with van der Waals surface area (Å²) in [7, 11) is 1.76. The molecule has 0 fully saturated rings. The van der Waals surface area contributed by atoms with Gasteiger partial charge in [-0.1, -0.05) is 6.92 Å². The molecule has 0 amide bonds. The molecule has 0 atom stereocenters. The van der Waals surface area contributed by atoms with Crippen LogP contribution < -0.4 is 11.1 Å². The Morgan fingerprint density at radius 3 is 2.78 bits per heavy atom. The van der Waals surface area contributed by atoms with E-state index in [1.165, 1.54) is 0 Å². The molecule has 3 N–H and O–H groups in total. The molecule has 0 spiro atoms. The summed E-state index contributed by atoms with van der Waals surface area (Å²) in [6.45, 7) is 1.93. The Hall–Kier alpha value is -2.18. The van der Waals surface area contributed by atoms with Crippen LogP contribution in [0.1, 0.15) is 12.6 Å².